The van der Waals surface area contributed by atoms with Gasteiger partial charge < -0.3 is 15.3 Å². The highest BCUT2D eigenvalue weighted by Crippen LogP contribution is 2.36. The smallest absolute Gasteiger partial charge is 0.118 e. The Bertz CT molecular complexity index is 153. The molecule has 0 radical (unpaired) electrons. The van der Waals surface area contributed by atoms with Crippen LogP contribution < -0.4 is 0 Å². The lowest BCUT2D eigenvalue weighted by Gasteiger charge is -2.47. The molecule has 0 aromatic carbocycles. The fourth-order valence-electron chi connectivity index (χ4n) is 1.27. The topological polar surface area (TPSA) is 60.7 Å². The number of aliphatic hydroxyl groups is 3. The molecule has 0 heterocycles. The van der Waals surface area contributed by atoms with Crippen molar-refractivity contribution in [2.24, 2.45) is 0 Å². The average molecular weight is 190 g/mol. The zero-order valence-electron chi connectivity index (χ0n) is 9.26. The van der Waals surface area contributed by atoms with Gasteiger partial charge in [0.25, 0.3) is 0 Å². The normalized spacial score (nSPS) is 25.8. The Hall–Kier alpha value is -0.120. The van der Waals surface area contributed by atoms with E-state index in [2.05, 4.69) is 0 Å². The molecule has 0 rings (SSSR count). The minimum atomic E-state index is -1.50. The van der Waals surface area contributed by atoms with E-state index in [1.165, 1.54) is 20.8 Å². The van der Waals surface area contributed by atoms with Crippen molar-refractivity contribution in [3.8, 4) is 0 Å². The Morgan fingerprint density at radius 3 is 1.15 bits per heavy atom. The summed E-state index contributed by atoms with van der Waals surface area (Å²) in [5.74, 6) is 0. The van der Waals surface area contributed by atoms with Gasteiger partial charge in [-0.25, -0.2) is 0 Å². The van der Waals surface area contributed by atoms with Crippen LogP contribution in [-0.4, -0.2) is 32.1 Å². The van der Waals surface area contributed by atoms with Crippen molar-refractivity contribution >= 4 is 0 Å². The standard InChI is InChI=1S/C10H22O3/c1-6-8(3,11)10(5,13)9(4,12)7-2/h11-13H,6-7H2,1-5H3. The van der Waals surface area contributed by atoms with E-state index < -0.39 is 16.8 Å². The number of rotatable bonds is 4. The fraction of sp³-hybridized carbons (Fsp3) is 1.00. The first-order valence-electron chi connectivity index (χ1n) is 4.79. The first-order chi connectivity index (χ1) is 5.62. The van der Waals surface area contributed by atoms with Crippen LogP contribution in [0.4, 0.5) is 0 Å². The second kappa shape index (κ2) is 3.56. The number of hydrogen-bond donors (Lipinski definition) is 3. The van der Waals surface area contributed by atoms with E-state index in [4.69, 9.17) is 0 Å². The highest BCUT2D eigenvalue weighted by Gasteiger charge is 2.52. The zero-order chi connectivity index (χ0) is 10.9. The van der Waals surface area contributed by atoms with Crippen LogP contribution in [0.2, 0.25) is 0 Å². The largest absolute Gasteiger partial charge is 0.387 e. The third-order valence-electron chi connectivity index (χ3n) is 3.47. The molecule has 0 spiro atoms. The molecule has 3 heteroatoms. The molecule has 0 aliphatic rings. The maximum Gasteiger partial charge on any atom is 0.118 e. The molecule has 3 N–H and O–H groups in total. The first-order valence-corrected chi connectivity index (χ1v) is 4.79. The van der Waals surface area contributed by atoms with Gasteiger partial charge in [-0.15, -0.1) is 0 Å². The van der Waals surface area contributed by atoms with Crippen molar-refractivity contribution in [2.45, 2.75) is 64.3 Å². The van der Waals surface area contributed by atoms with Gasteiger partial charge >= 0.3 is 0 Å². The minimum absolute atomic E-state index is 0.399. The highest BCUT2D eigenvalue weighted by atomic mass is 16.4. The summed E-state index contributed by atoms with van der Waals surface area (Å²) in [5.41, 5.74) is -4.04. The van der Waals surface area contributed by atoms with Gasteiger partial charge in [-0.05, 0) is 33.6 Å². The molecular weight excluding hydrogens is 168 g/mol. The van der Waals surface area contributed by atoms with Gasteiger partial charge in [-0.3, -0.25) is 0 Å². The SMILES string of the molecule is CCC(C)(O)C(C)(O)C(C)(O)CC. The third kappa shape index (κ3) is 2.03. The lowest BCUT2D eigenvalue weighted by atomic mass is 9.71. The summed E-state index contributed by atoms with van der Waals surface area (Å²) in [6.45, 7) is 8.11. The van der Waals surface area contributed by atoms with Crippen LogP contribution in [0, 0.1) is 0 Å². The van der Waals surface area contributed by atoms with E-state index >= 15 is 0 Å². The van der Waals surface area contributed by atoms with E-state index in [0.29, 0.717) is 12.8 Å². The van der Waals surface area contributed by atoms with Crippen LogP contribution in [0.25, 0.3) is 0 Å². The maximum absolute atomic E-state index is 10.1. The van der Waals surface area contributed by atoms with E-state index in [-0.39, 0.29) is 0 Å². The second-order valence-electron chi connectivity index (χ2n) is 4.33. The van der Waals surface area contributed by atoms with E-state index in [1.54, 1.807) is 13.8 Å². The Kier molecular flexibility index (Phi) is 3.53. The minimum Gasteiger partial charge on any atom is -0.387 e. The van der Waals surface area contributed by atoms with Gasteiger partial charge in [0.05, 0.1) is 11.2 Å². The average Bonchev–Trinajstić information content (AvgIpc) is 2.03. The van der Waals surface area contributed by atoms with E-state index in [9.17, 15) is 15.3 Å². The molecule has 0 aromatic heterocycles. The quantitative estimate of drug-likeness (QED) is 0.621. The number of hydrogen-bond acceptors (Lipinski definition) is 3. The van der Waals surface area contributed by atoms with Gasteiger partial charge in [-0.1, -0.05) is 13.8 Å². The third-order valence-corrected chi connectivity index (χ3v) is 3.47. The predicted molar refractivity (Wildman–Crippen MR) is 52.5 cm³/mol. The van der Waals surface area contributed by atoms with Crippen LogP contribution in [0.15, 0.2) is 0 Å². The molecule has 0 aliphatic heterocycles. The fourth-order valence-corrected chi connectivity index (χ4v) is 1.27. The summed E-state index contributed by atoms with van der Waals surface area (Å²) in [6, 6.07) is 0. The molecule has 0 aromatic rings. The Labute approximate surface area is 80.4 Å². The van der Waals surface area contributed by atoms with Crippen molar-refractivity contribution in [3.63, 3.8) is 0 Å². The molecule has 0 aliphatic carbocycles. The Morgan fingerprint density at radius 1 is 0.769 bits per heavy atom. The summed E-state index contributed by atoms with van der Waals surface area (Å²) in [5, 5.41) is 29.9. The van der Waals surface area contributed by atoms with Crippen molar-refractivity contribution in [2.75, 3.05) is 0 Å². The van der Waals surface area contributed by atoms with Crippen molar-refractivity contribution in [1.29, 1.82) is 0 Å². The first kappa shape index (κ1) is 12.9. The lowest BCUT2D eigenvalue weighted by Crippen LogP contribution is -2.63. The summed E-state index contributed by atoms with van der Waals surface area (Å²) in [4.78, 5) is 0. The van der Waals surface area contributed by atoms with Gasteiger partial charge in [0.2, 0.25) is 0 Å². The molecule has 0 saturated heterocycles. The van der Waals surface area contributed by atoms with E-state index in [0.717, 1.165) is 0 Å². The van der Waals surface area contributed by atoms with Crippen molar-refractivity contribution in [1.82, 2.24) is 0 Å². The van der Waals surface area contributed by atoms with Gasteiger partial charge in [0, 0.05) is 0 Å². The van der Waals surface area contributed by atoms with Crippen LogP contribution in [0.3, 0.4) is 0 Å². The Morgan fingerprint density at radius 2 is 1.00 bits per heavy atom. The zero-order valence-corrected chi connectivity index (χ0v) is 9.26. The highest BCUT2D eigenvalue weighted by molar-refractivity contribution is 5.04. The van der Waals surface area contributed by atoms with Gasteiger partial charge in [0.1, 0.15) is 5.60 Å². The molecule has 0 amide bonds. The van der Waals surface area contributed by atoms with Gasteiger partial charge in [-0.2, -0.15) is 0 Å². The van der Waals surface area contributed by atoms with Crippen molar-refractivity contribution in [3.05, 3.63) is 0 Å². The molecule has 2 atom stereocenters. The predicted octanol–water partition coefficient (Wildman–Crippen LogP) is 1.06. The van der Waals surface area contributed by atoms with Crippen LogP contribution in [-0.2, 0) is 0 Å². The van der Waals surface area contributed by atoms with Crippen LogP contribution >= 0.6 is 0 Å². The van der Waals surface area contributed by atoms with E-state index in [1.807, 2.05) is 0 Å². The maximum atomic E-state index is 10.1. The molecule has 3 nitrogen and oxygen atoms in total. The molecule has 0 bridgehead atoms. The molecule has 2 unspecified atom stereocenters. The van der Waals surface area contributed by atoms with Crippen molar-refractivity contribution < 1.29 is 15.3 Å². The summed E-state index contributed by atoms with van der Waals surface area (Å²) in [6.07, 6.45) is 0.798. The molecule has 0 fully saturated rings. The molecule has 80 valence electrons. The summed E-state index contributed by atoms with van der Waals surface area (Å²) >= 11 is 0. The molecular formula is C10H22O3. The lowest BCUT2D eigenvalue weighted by molar-refractivity contribution is -0.226. The molecule has 13 heavy (non-hydrogen) atoms. The summed E-state index contributed by atoms with van der Waals surface area (Å²) < 4.78 is 0. The van der Waals surface area contributed by atoms with Crippen LogP contribution in [0.5, 0.6) is 0 Å². The van der Waals surface area contributed by atoms with Gasteiger partial charge in [0.15, 0.2) is 0 Å². The van der Waals surface area contributed by atoms with Crippen LogP contribution in [0.1, 0.15) is 47.5 Å². The second-order valence-corrected chi connectivity index (χ2v) is 4.33. The molecule has 0 saturated carbocycles. The summed E-state index contributed by atoms with van der Waals surface area (Å²) in [7, 11) is 0. The Balaban J connectivity index is 4.95. The monoisotopic (exact) mass is 190 g/mol.